The van der Waals surface area contributed by atoms with E-state index in [0.29, 0.717) is 13.0 Å². The summed E-state index contributed by atoms with van der Waals surface area (Å²) in [6.45, 7) is 2.68. The zero-order chi connectivity index (χ0) is 13.4. The lowest BCUT2D eigenvalue weighted by Crippen LogP contribution is -2.24. The molecular weight excluding hydrogens is 276 g/mol. The van der Waals surface area contributed by atoms with Crippen LogP contribution in [0.2, 0.25) is 0 Å². The molecule has 1 aliphatic rings. The Hall–Kier alpha value is -1.33. The molecule has 0 radical (unpaired) electrons. The van der Waals surface area contributed by atoms with Crippen molar-refractivity contribution in [3.05, 3.63) is 34.7 Å². The summed E-state index contributed by atoms with van der Waals surface area (Å²) >= 11 is 6.02. The summed E-state index contributed by atoms with van der Waals surface area (Å²) in [5, 5.41) is 3.23. The molecule has 98 valence electrons. The zero-order valence-electron chi connectivity index (χ0n) is 10.5. The van der Waals surface area contributed by atoms with Crippen LogP contribution >= 0.6 is 24.0 Å². The van der Waals surface area contributed by atoms with Crippen molar-refractivity contribution in [1.82, 2.24) is 4.98 Å². The Morgan fingerprint density at radius 2 is 2.32 bits per heavy atom. The third kappa shape index (κ3) is 2.53. The quantitative estimate of drug-likeness (QED) is 0.862. The molecule has 0 bridgehead atoms. The van der Waals surface area contributed by atoms with Crippen LogP contribution < -0.4 is 4.90 Å². The molecule has 0 saturated carbocycles. The average molecular weight is 290 g/mol. The van der Waals surface area contributed by atoms with Gasteiger partial charge in [-0.3, -0.25) is 4.79 Å². The van der Waals surface area contributed by atoms with Crippen LogP contribution in [0.4, 0.5) is 5.69 Å². The van der Waals surface area contributed by atoms with E-state index in [4.69, 9.17) is 0 Å². The van der Waals surface area contributed by atoms with Gasteiger partial charge in [-0.2, -0.15) is 12.6 Å². The summed E-state index contributed by atoms with van der Waals surface area (Å²) < 4.78 is 0. The minimum Gasteiger partial charge on any atom is -0.311 e. The Balaban J connectivity index is 1.94. The third-order valence-electron chi connectivity index (χ3n) is 3.18. The van der Waals surface area contributed by atoms with Crippen molar-refractivity contribution in [2.75, 3.05) is 11.4 Å². The monoisotopic (exact) mass is 290 g/mol. The number of amides is 1. The standard InChI is InChI=1S/C14H14N2OS2/c1-9-15-13(8-19-9)10-3-2-4-11(5-10)16-7-12(18)6-14(16)17/h2-5,8,12,18H,6-7H2,1H3. The molecule has 1 aromatic heterocycles. The molecule has 2 aromatic rings. The minimum absolute atomic E-state index is 0.137. The summed E-state index contributed by atoms with van der Waals surface area (Å²) in [7, 11) is 0. The van der Waals surface area contributed by atoms with Gasteiger partial charge >= 0.3 is 0 Å². The maximum absolute atomic E-state index is 11.9. The molecule has 1 aromatic carbocycles. The first-order valence-corrected chi connectivity index (χ1v) is 7.54. The summed E-state index contributed by atoms with van der Waals surface area (Å²) in [4.78, 5) is 18.2. The highest BCUT2D eigenvalue weighted by Gasteiger charge is 2.28. The van der Waals surface area contributed by atoms with Gasteiger partial charge < -0.3 is 4.90 Å². The molecule has 1 saturated heterocycles. The molecule has 0 spiro atoms. The second-order valence-corrected chi connectivity index (χ2v) is 6.46. The number of anilines is 1. The van der Waals surface area contributed by atoms with Gasteiger partial charge in [0.1, 0.15) is 0 Å². The van der Waals surface area contributed by atoms with Crippen molar-refractivity contribution >= 4 is 35.6 Å². The Morgan fingerprint density at radius 1 is 1.47 bits per heavy atom. The van der Waals surface area contributed by atoms with E-state index in [1.165, 1.54) is 0 Å². The van der Waals surface area contributed by atoms with E-state index in [0.717, 1.165) is 22.0 Å². The van der Waals surface area contributed by atoms with Crippen LogP contribution in [0, 0.1) is 6.92 Å². The van der Waals surface area contributed by atoms with Gasteiger partial charge in [0.15, 0.2) is 0 Å². The molecule has 1 amide bonds. The summed E-state index contributed by atoms with van der Waals surface area (Å²) in [6.07, 6.45) is 0.517. The van der Waals surface area contributed by atoms with Crippen molar-refractivity contribution in [3.63, 3.8) is 0 Å². The lowest BCUT2D eigenvalue weighted by molar-refractivity contribution is -0.117. The number of hydrogen-bond acceptors (Lipinski definition) is 4. The molecule has 3 nitrogen and oxygen atoms in total. The Bertz CT molecular complexity index is 623. The van der Waals surface area contributed by atoms with Gasteiger partial charge in [-0.1, -0.05) is 12.1 Å². The van der Waals surface area contributed by atoms with Crippen molar-refractivity contribution in [3.8, 4) is 11.3 Å². The number of nitrogens with zero attached hydrogens (tertiary/aromatic N) is 2. The first-order valence-electron chi connectivity index (χ1n) is 6.14. The predicted molar refractivity (Wildman–Crippen MR) is 82.0 cm³/mol. The van der Waals surface area contributed by atoms with E-state index >= 15 is 0 Å². The molecule has 2 heterocycles. The molecule has 0 aliphatic carbocycles. The van der Waals surface area contributed by atoms with E-state index in [1.54, 1.807) is 16.2 Å². The molecule has 1 aliphatic heterocycles. The maximum atomic E-state index is 11.9. The van der Waals surface area contributed by atoms with Gasteiger partial charge in [0, 0.05) is 34.8 Å². The highest BCUT2D eigenvalue weighted by Crippen LogP contribution is 2.29. The van der Waals surface area contributed by atoms with Gasteiger partial charge in [0.2, 0.25) is 5.91 Å². The lowest BCUT2D eigenvalue weighted by atomic mass is 10.1. The first kappa shape index (κ1) is 12.7. The van der Waals surface area contributed by atoms with Crippen molar-refractivity contribution in [2.24, 2.45) is 0 Å². The molecule has 5 heteroatoms. The zero-order valence-corrected chi connectivity index (χ0v) is 12.2. The number of thiol groups is 1. The molecule has 0 N–H and O–H groups in total. The summed E-state index contributed by atoms with van der Waals surface area (Å²) in [5.41, 5.74) is 2.96. The molecule has 3 rings (SSSR count). The third-order valence-corrected chi connectivity index (χ3v) is 4.30. The van der Waals surface area contributed by atoms with Crippen LogP contribution in [-0.4, -0.2) is 22.7 Å². The lowest BCUT2D eigenvalue weighted by Gasteiger charge is -2.16. The number of carbonyl (C=O) groups is 1. The van der Waals surface area contributed by atoms with E-state index in [1.807, 2.05) is 36.6 Å². The van der Waals surface area contributed by atoms with Crippen LogP contribution in [0.25, 0.3) is 11.3 Å². The fourth-order valence-electron chi connectivity index (χ4n) is 2.27. The Morgan fingerprint density at radius 3 is 2.95 bits per heavy atom. The molecule has 1 atom stereocenters. The first-order chi connectivity index (χ1) is 9.13. The molecule has 1 unspecified atom stereocenters. The average Bonchev–Trinajstić information content (AvgIpc) is 2.96. The summed E-state index contributed by atoms with van der Waals surface area (Å²) in [5.74, 6) is 0.145. The highest BCUT2D eigenvalue weighted by molar-refractivity contribution is 7.81. The van der Waals surface area contributed by atoms with Crippen LogP contribution in [-0.2, 0) is 4.79 Å². The van der Waals surface area contributed by atoms with Crippen LogP contribution in [0.1, 0.15) is 11.4 Å². The number of carbonyl (C=O) groups excluding carboxylic acids is 1. The minimum atomic E-state index is 0.137. The molecular formula is C14H14N2OS2. The van der Waals surface area contributed by atoms with Crippen LogP contribution in [0.15, 0.2) is 29.6 Å². The smallest absolute Gasteiger partial charge is 0.228 e. The van der Waals surface area contributed by atoms with E-state index in [-0.39, 0.29) is 11.2 Å². The number of hydrogen-bond donors (Lipinski definition) is 1. The largest absolute Gasteiger partial charge is 0.311 e. The second-order valence-electron chi connectivity index (χ2n) is 4.66. The van der Waals surface area contributed by atoms with E-state index in [2.05, 4.69) is 17.6 Å². The van der Waals surface area contributed by atoms with Gasteiger partial charge in [-0.25, -0.2) is 4.98 Å². The van der Waals surface area contributed by atoms with Crippen LogP contribution in [0.3, 0.4) is 0 Å². The molecule has 1 fully saturated rings. The highest BCUT2D eigenvalue weighted by atomic mass is 32.1. The fraction of sp³-hybridized carbons (Fsp3) is 0.286. The van der Waals surface area contributed by atoms with Crippen molar-refractivity contribution in [1.29, 1.82) is 0 Å². The fourth-order valence-corrected chi connectivity index (χ4v) is 3.21. The SMILES string of the molecule is Cc1nc(-c2cccc(N3CC(S)CC3=O)c2)cs1. The number of aryl methyl sites for hydroxylation is 1. The van der Waals surface area contributed by atoms with Gasteiger partial charge in [-0.05, 0) is 19.1 Å². The van der Waals surface area contributed by atoms with Gasteiger partial charge in [0.25, 0.3) is 0 Å². The number of benzene rings is 1. The predicted octanol–water partition coefficient (Wildman–Crippen LogP) is 3.15. The van der Waals surface area contributed by atoms with Gasteiger partial charge in [-0.15, -0.1) is 11.3 Å². The number of thiazole rings is 1. The Kier molecular flexibility index (Phi) is 3.33. The second kappa shape index (κ2) is 4.98. The molecule has 19 heavy (non-hydrogen) atoms. The van der Waals surface area contributed by atoms with Crippen molar-refractivity contribution in [2.45, 2.75) is 18.6 Å². The number of rotatable bonds is 2. The van der Waals surface area contributed by atoms with E-state index in [9.17, 15) is 4.79 Å². The van der Waals surface area contributed by atoms with Crippen molar-refractivity contribution < 1.29 is 4.79 Å². The topological polar surface area (TPSA) is 33.2 Å². The van der Waals surface area contributed by atoms with E-state index < -0.39 is 0 Å². The normalized spacial score (nSPS) is 19.2. The maximum Gasteiger partial charge on any atom is 0.228 e. The summed E-state index contributed by atoms with van der Waals surface area (Å²) in [6, 6.07) is 7.99. The van der Waals surface area contributed by atoms with Gasteiger partial charge in [0.05, 0.1) is 10.7 Å². The number of aromatic nitrogens is 1. The van der Waals surface area contributed by atoms with Crippen LogP contribution in [0.5, 0.6) is 0 Å². The Labute approximate surface area is 121 Å².